The Bertz CT molecular complexity index is 1160. The molecule has 0 aromatic heterocycles. The van der Waals surface area contributed by atoms with E-state index in [0.717, 1.165) is 21.2 Å². The zero-order valence-corrected chi connectivity index (χ0v) is 22.2. The van der Waals surface area contributed by atoms with Crippen molar-refractivity contribution in [3.8, 4) is 0 Å². The maximum atomic E-state index is 3.61. The van der Waals surface area contributed by atoms with Crippen LogP contribution in [0.1, 0.15) is 19.4 Å². The summed E-state index contributed by atoms with van der Waals surface area (Å²) in [5, 5.41) is 0. The second-order valence-corrected chi connectivity index (χ2v) is 9.65. The van der Waals surface area contributed by atoms with Gasteiger partial charge in [0.1, 0.15) is 0 Å². The number of para-hydroxylation sites is 1. The smallest absolute Gasteiger partial charge is 0.510 e. The summed E-state index contributed by atoms with van der Waals surface area (Å²) >= 11 is 1.68. The molecule has 0 amide bonds. The molecule has 0 unspecified atom stereocenters. The van der Waals surface area contributed by atoms with Gasteiger partial charge >= 0.3 is 21.1 Å². The molecule has 0 aliphatic carbocycles. The van der Waals surface area contributed by atoms with Crippen molar-refractivity contribution in [2.75, 3.05) is 23.9 Å². The summed E-state index contributed by atoms with van der Waals surface area (Å²) in [7, 11) is 4.15. The Kier molecular flexibility index (Phi) is 6.95. The number of fused-ring (bicyclic) bond motifs is 1. The van der Waals surface area contributed by atoms with Crippen molar-refractivity contribution in [1.82, 2.24) is 9.80 Å². The molecule has 2 aliphatic rings. The molecule has 3 aromatic carbocycles. The molecule has 0 radical (unpaired) electrons. The fourth-order valence-corrected chi connectivity index (χ4v) is 4.80. The van der Waals surface area contributed by atoms with Gasteiger partial charge in [-0.1, -0.05) is 18.2 Å². The molecule has 0 saturated heterocycles. The second-order valence-electron chi connectivity index (χ2n) is 8.56. The normalized spacial score (nSPS) is 17.2. The van der Waals surface area contributed by atoms with E-state index >= 15 is 0 Å². The Labute approximate surface area is 216 Å². The predicted molar refractivity (Wildman–Crippen MR) is 132 cm³/mol. The van der Waals surface area contributed by atoms with E-state index in [1.165, 1.54) is 11.3 Å². The summed E-state index contributed by atoms with van der Waals surface area (Å²) < 4.78 is 0. The number of anilines is 3. The van der Waals surface area contributed by atoms with Crippen molar-refractivity contribution >= 4 is 28.8 Å². The first-order valence-electron chi connectivity index (χ1n) is 10.6. The maximum Gasteiger partial charge on any atom is 4.00 e. The first kappa shape index (κ1) is 23.9. The zero-order valence-electron chi connectivity index (χ0n) is 19.1. The van der Waals surface area contributed by atoms with Gasteiger partial charge in [-0.2, -0.15) is 49.7 Å². The van der Waals surface area contributed by atoms with Gasteiger partial charge in [-0.3, -0.25) is 0 Å². The van der Waals surface area contributed by atoms with Crippen LogP contribution in [0.15, 0.2) is 82.9 Å². The van der Waals surface area contributed by atoms with Crippen LogP contribution in [0, 0.1) is 25.5 Å². The Hall–Kier alpha value is -2.20. The molecule has 0 atom stereocenters. The van der Waals surface area contributed by atoms with Crippen LogP contribution in [-0.4, -0.2) is 23.9 Å². The van der Waals surface area contributed by atoms with Crippen molar-refractivity contribution in [2.45, 2.75) is 29.2 Å². The molecule has 4 nitrogen and oxygen atoms in total. The van der Waals surface area contributed by atoms with Gasteiger partial charge in [0, 0.05) is 11.2 Å². The molecule has 0 spiro atoms. The van der Waals surface area contributed by atoms with Crippen LogP contribution >= 0.6 is 11.8 Å². The average molecular weight is 634 g/mol. The quantitative estimate of drug-likeness (QED) is 0.316. The van der Waals surface area contributed by atoms with E-state index in [0.29, 0.717) is 0 Å². The minimum atomic E-state index is -0.0655. The van der Waals surface area contributed by atoms with Gasteiger partial charge in [0.05, 0.1) is 0 Å². The van der Waals surface area contributed by atoms with E-state index in [1.807, 2.05) is 31.0 Å². The maximum absolute atomic E-state index is 3.61. The van der Waals surface area contributed by atoms with Crippen LogP contribution in [0.3, 0.4) is 0 Å². The summed E-state index contributed by atoms with van der Waals surface area (Å²) in [4.78, 5) is 10.7. The van der Waals surface area contributed by atoms with Crippen molar-refractivity contribution in [3.63, 3.8) is 0 Å². The van der Waals surface area contributed by atoms with Crippen LogP contribution in [0.25, 0.3) is 0 Å². The number of hydrogen-bond donors (Lipinski definition) is 0. The minimum Gasteiger partial charge on any atom is -0.510 e. The van der Waals surface area contributed by atoms with E-state index in [4.69, 9.17) is 0 Å². The SMILES string of the molecule is CN1C=CN(c2[c-]c(Sc3[c-]c(N4[CH-]N(C)C(C)(C)c5ccccc54)ccc3)ccc2)[CH-]1.[Pt+4]. The molecule has 6 heteroatoms. The van der Waals surface area contributed by atoms with Crippen LogP contribution in [0.4, 0.5) is 17.1 Å². The Morgan fingerprint density at radius 1 is 0.788 bits per heavy atom. The third-order valence-corrected chi connectivity index (χ3v) is 6.94. The van der Waals surface area contributed by atoms with Crippen LogP contribution < -0.4 is 9.80 Å². The van der Waals surface area contributed by atoms with Crippen molar-refractivity contribution in [3.05, 3.63) is 104 Å². The van der Waals surface area contributed by atoms with E-state index < -0.39 is 0 Å². The topological polar surface area (TPSA) is 13.0 Å². The Morgan fingerprint density at radius 2 is 1.45 bits per heavy atom. The fourth-order valence-electron chi connectivity index (χ4n) is 3.96. The molecule has 0 bridgehead atoms. The van der Waals surface area contributed by atoms with Crippen LogP contribution in [-0.2, 0) is 26.6 Å². The molecule has 0 N–H and O–H groups in total. The number of hydrogen-bond acceptors (Lipinski definition) is 5. The van der Waals surface area contributed by atoms with Crippen molar-refractivity contribution < 1.29 is 21.1 Å². The number of nitrogens with zero attached hydrogens (tertiary/aromatic N) is 4. The standard InChI is InChI=1S/C27H26N4S.Pt/c1-27(2)25-13-5-6-14-26(25)31(20-29(27)4)22-10-8-12-24(18-22)32-23-11-7-9-21(17-23)30-16-15-28(3)19-30;/h5-16,19-20H,1-4H3;/q-4;+4. The Morgan fingerprint density at radius 3 is 2.15 bits per heavy atom. The molecule has 33 heavy (non-hydrogen) atoms. The largest absolute Gasteiger partial charge is 4.00 e. The molecular formula is C27H26N4PtS. The first-order chi connectivity index (χ1) is 15.4. The summed E-state index contributed by atoms with van der Waals surface area (Å²) in [6.45, 7) is 8.71. The van der Waals surface area contributed by atoms with E-state index in [1.54, 1.807) is 11.8 Å². The zero-order chi connectivity index (χ0) is 22.3. The molecule has 0 saturated carbocycles. The van der Waals surface area contributed by atoms with Crippen molar-refractivity contribution in [1.29, 1.82) is 0 Å². The number of benzene rings is 3. The first-order valence-corrected chi connectivity index (χ1v) is 11.5. The molecule has 3 aromatic rings. The minimum absolute atomic E-state index is 0. The van der Waals surface area contributed by atoms with Gasteiger partial charge in [-0.05, 0) is 52.0 Å². The molecule has 5 rings (SSSR count). The number of rotatable bonds is 4. The molecule has 2 heterocycles. The second kappa shape index (κ2) is 9.58. The van der Waals surface area contributed by atoms with E-state index in [-0.39, 0.29) is 26.6 Å². The van der Waals surface area contributed by atoms with Crippen LogP contribution in [0.5, 0.6) is 0 Å². The van der Waals surface area contributed by atoms with Gasteiger partial charge in [-0.25, -0.2) is 0 Å². The Balaban J connectivity index is 0.00000259. The summed E-state index contributed by atoms with van der Waals surface area (Å²) in [5.41, 5.74) is 4.48. The van der Waals surface area contributed by atoms with E-state index in [9.17, 15) is 0 Å². The van der Waals surface area contributed by atoms with Crippen molar-refractivity contribution in [2.24, 2.45) is 0 Å². The predicted octanol–water partition coefficient (Wildman–Crippen LogP) is 6.22. The molecule has 2 aliphatic heterocycles. The summed E-state index contributed by atoms with van der Waals surface area (Å²) in [6.07, 6.45) is 4.06. The van der Waals surface area contributed by atoms with Gasteiger partial charge in [0.15, 0.2) is 0 Å². The monoisotopic (exact) mass is 633 g/mol. The van der Waals surface area contributed by atoms with Gasteiger partial charge in [-0.15, -0.1) is 45.1 Å². The molecular weight excluding hydrogens is 607 g/mol. The molecule has 170 valence electrons. The third kappa shape index (κ3) is 4.73. The fraction of sp³-hybridized carbons (Fsp3) is 0.185. The van der Waals surface area contributed by atoms with Gasteiger partial charge in [0.25, 0.3) is 0 Å². The summed E-state index contributed by atoms with van der Waals surface area (Å²) in [6, 6.07) is 28.3. The third-order valence-electron chi connectivity index (χ3n) is 6.03. The van der Waals surface area contributed by atoms with Crippen LogP contribution in [0.2, 0.25) is 0 Å². The van der Waals surface area contributed by atoms with Gasteiger partial charge in [0.2, 0.25) is 0 Å². The summed E-state index contributed by atoms with van der Waals surface area (Å²) in [5.74, 6) is 0. The average Bonchev–Trinajstić information content (AvgIpc) is 3.23. The molecule has 0 fully saturated rings. The van der Waals surface area contributed by atoms with Gasteiger partial charge < -0.3 is 19.6 Å². The van der Waals surface area contributed by atoms with E-state index in [2.05, 4.69) is 115 Å².